The molecule has 0 radical (unpaired) electrons. The van der Waals surface area contributed by atoms with Crippen molar-refractivity contribution < 1.29 is 27.5 Å². The molecule has 11 nitrogen and oxygen atoms in total. The number of thioether (sulfide) groups is 1. The summed E-state index contributed by atoms with van der Waals surface area (Å²) in [6.07, 6.45) is -0.817. The molecule has 2 aromatic heterocycles. The van der Waals surface area contributed by atoms with Crippen molar-refractivity contribution in [3.05, 3.63) is 72.2 Å². The summed E-state index contributed by atoms with van der Waals surface area (Å²) in [5.74, 6) is 0.172. The Kier molecular flexibility index (Phi) is 9.09. The van der Waals surface area contributed by atoms with Crippen LogP contribution in [0.25, 0.3) is 17.2 Å². The molecule has 45 heavy (non-hydrogen) atoms. The van der Waals surface area contributed by atoms with Gasteiger partial charge in [-0.3, -0.25) is 9.69 Å². The summed E-state index contributed by atoms with van der Waals surface area (Å²) in [7, 11) is 3.85. The number of aryl methyl sites for hydroxylation is 2. The van der Waals surface area contributed by atoms with Gasteiger partial charge in [0.2, 0.25) is 5.91 Å². The molecule has 0 aliphatic carbocycles. The van der Waals surface area contributed by atoms with Crippen LogP contribution in [0.5, 0.6) is 5.75 Å². The van der Waals surface area contributed by atoms with Crippen LogP contribution in [0, 0.1) is 6.92 Å². The Labute approximate surface area is 261 Å². The highest BCUT2D eigenvalue weighted by Gasteiger charge is 2.33. The topological polar surface area (TPSA) is 118 Å². The minimum atomic E-state index is -4.81. The number of halogens is 3. The first-order chi connectivity index (χ1) is 21.4. The number of aliphatic imine (C=N–C) groups is 1. The standard InChI is InChI=1S/C30H29F3N8O3S/c1-5-6-19-7-9-21(39(3)4)14-24(19)41-26(42)16-45-29(41)37-28(43)36-23-11-8-20(13-18(23)2)27-35-17-40(38-27)25-12-10-22(15-34-25)44-30(31,32)33/h7-15,17H,5-6,16H2,1-4H3,(H,36,43)/b37-29-. The maximum absolute atomic E-state index is 13.0. The van der Waals surface area contributed by atoms with Crippen LogP contribution in [0.3, 0.4) is 0 Å². The lowest BCUT2D eigenvalue weighted by atomic mass is 10.1. The third-order valence-corrected chi connectivity index (χ3v) is 7.64. The Bertz CT molecular complexity index is 1760. The molecule has 0 bridgehead atoms. The number of nitrogens with zero attached hydrogens (tertiary/aromatic N) is 7. The Morgan fingerprint density at radius 3 is 2.60 bits per heavy atom. The quantitative estimate of drug-likeness (QED) is 0.242. The molecule has 2 aromatic carbocycles. The summed E-state index contributed by atoms with van der Waals surface area (Å²) in [5.41, 5.74) is 4.50. The van der Waals surface area contributed by atoms with E-state index in [9.17, 15) is 22.8 Å². The minimum Gasteiger partial charge on any atom is -0.404 e. The van der Waals surface area contributed by atoms with Gasteiger partial charge in [0.1, 0.15) is 12.1 Å². The normalized spacial score (nSPS) is 14.2. The van der Waals surface area contributed by atoms with E-state index >= 15 is 0 Å². The number of hydrogen-bond donors (Lipinski definition) is 1. The molecule has 4 aromatic rings. The number of nitrogens with one attached hydrogen (secondary N) is 1. The van der Waals surface area contributed by atoms with Gasteiger partial charge in [0.25, 0.3) is 0 Å². The van der Waals surface area contributed by atoms with Gasteiger partial charge in [-0.25, -0.2) is 19.4 Å². The number of urea groups is 1. The van der Waals surface area contributed by atoms with E-state index in [1.807, 2.05) is 37.2 Å². The molecule has 0 spiro atoms. The first-order valence-corrected chi connectivity index (χ1v) is 14.8. The van der Waals surface area contributed by atoms with E-state index in [4.69, 9.17) is 0 Å². The zero-order valence-electron chi connectivity index (χ0n) is 24.8. The van der Waals surface area contributed by atoms with Crippen LogP contribution in [0.4, 0.5) is 35.0 Å². The summed E-state index contributed by atoms with van der Waals surface area (Å²) >= 11 is 1.21. The number of rotatable bonds is 8. The van der Waals surface area contributed by atoms with Gasteiger partial charge in [0.05, 0.1) is 17.6 Å². The molecular weight excluding hydrogens is 609 g/mol. The van der Waals surface area contributed by atoms with Crippen LogP contribution >= 0.6 is 11.8 Å². The van der Waals surface area contributed by atoms with Gasteiger partial charge in [-0.1, -0.05) is 31.2 Å². The van der Waals surface area contributed by atoms with Crippen LogP contribution in [-0.2, 0) is 11.2 Å². The molecule has 1 aliphatic heterocycles. The molecule has 234 valence electrons. The molecule has 5 rings (SSSR count). The molecule has 0 saturated carbocycles. The van der Waals surface area contributed by atoms with Crippen LogP contribution in [-0.4, -0.2) is 63.1 Å². The first kappa shape index (κ1) is 31.5. The summed E-state index contributed by atoms with van der Waals surface area (Å²) in [5, 5.41) is 7.46. The predicted octanol–water partition coefficient (Wildman–Crippen LogP) is 6.22. The second-order valence-electron chi connectivity index (χ2n) is 10.2. The monoisotopic (exact) mass is 638 g/mol. The predicted molar refractivity (Wildman–Crippen MR) is 167 cm³/mol. The molecule has 15 heteroatoms. The average Bonchev–Trinajstić information content (AvgIpc) is 3.61. The number of benzene rings is 2. The van der Waals surface area contributed by atoms with Crippen molar-refractivity contribution in [3.63, 3.8) is 0 Å². The number of ether oxygens (including phenoxy) is 1. The third kappa shape index (κ3) is 7.42. The third-order valence-electron chi connectivity index (χ3n) is 6.72. The Morgan fingerprint density at radius 2 is 1.93 bits per heavy atom. The van der Waals surface area contributed by atoms with Crippen molar-refractivity contribution in [1.29, 1.82) is 0 Å². The molecule has 3 amide bonds. The zero-order valence-corrected chi connectivity index (χ0v) is 25.6. The number of amidine groups is 1. The van der Waals surface area contributed by atoms with E-state index in [0.717, 1.165) is 42.0 Å². The Hall–Kier alpha value is -4.92. The van der Waals surface area contributed by atoms with E-state index in [1.165, 1.54) is 33.7 Å². The molecule has 1 fully saturated rings. The molecule has 1 saturated heterocycles. The lowest BCUT2D eigenvalue weighted by Gasteiger charge is -2.22. The molecule has 0 atom stereocenters. The van der Waals surface area contributed by atoms with Gasteiger partial charge in [-0.2, -0.15) is 4.99 Å². The lowest BCUT2D eigenvalue weighted by molar-refractivity contribution is -0.274. The van der Waals surface area contributed by atoms with E-state index in [-0.39, 0.29) is 17.5 Å². The van der Waals surface area contributed by atoms with Crippen molar-refractivity contribution >= 4 is 45.9 Å². The summed E-state index contributed by atoms with van der Waals surface area (Å²) in [4.78, 5) is 42.0. The Balaban J connectivity index is 1.31. The van der Waals surface area contributed by atoms with Gasteiger partial charge in [-0.15, -0.1) is 18.3 Å². The van der Waals surface area contributed by atoms with Gasteiger partial charge in [0.15, 0.2) is 16.8 Å². The largest absolute Gasteiger partial charge is 0.573 e. The van der Waals surface area contributed by atoms with Crippen LogP contribution in [0.1, 0.15) is 24.5 Å². The van der Waals surface area contributed by atoms with Crippen LogP contribution in [0.15, 0.2) is 66.0 Å². The SMILES string of the molecule is CCCc1ccc(N(C)C)cc1N1C(=O)CS/C1=N\C(=O)Nc1ccc(-c2ncn(-c3ccc(OC(F)(F)F)cn3)n2)cc1C. The number of amides is 3. The number of pyridine rings is 1. The van der Waals surface area contributed by atoms with Gasteiger partial charge in [-0.05, 0) is 66.9 Å². The smallest absolute Gasteiger partial charge is 0.404 e. The number of carbonyl (C=O) groups excluding carboxylic acids is 2. The number of carbonyl (C=O) groups is 2. The molecule has 3 heterocycles. The van der Waals surface area contributed by atoms with Crippen molar-refractivity contribution in [2.75, 3.05) is 35.0 Å². The molecular formula is C30H29F3N8O3S. The fraction of sp³-hybridized carbons (Fsp3) is 0.267. The fourth-order valence-corrected chi connectivity index (χ4v) is 5.44. The Morgan fingerprint density at radius 1 is 1.13 bits per heavy atom. The minimum absolute atomic E-state index is 0.145. The zero-order chi connectivity index (χ0) is 32.3. The summed E-state index contributed by atoms with van der Waals surface area (Å²) < 4.78 is 42.4. The highest BCUT2D eigenvalue weighted by atomic mass is 32.2. The van der Waals surface area contributed by atoms with Crippen molar-refractivity contribution in [2.24, 2.45) is 4.99 Å². The fourth-order valence-electron chi connectivity index (χ4n) is 4.58. The van der Waals surface area contributed by atoms with Crippen LogP contribution < -0.4 is 19.9 Å². The second kappa shape index (κ2) is 13.0. The average molecular weight is 639 g/mol. The highest BCUT2D eigenvalue weighted by molar-refractivity contribution is 8.15. The lowest BCUT2D eigenvalue weighted by Crippen LogP contribution is -2.31. The first-order valence-electron chi connectivity index (χ1n) is 13.8. The number of aromatic nitrogens is 4. The van der Waals surface area contributed by atoms with E-state index < -0.39 is 18.1 Å². The molecule has 0 unspecified atom stereocenters. The van der Waals surface area contributed by atoms with Gasteiger partial charge in [0, 0.05) is 31.0 Å². The number of hydrogen-bond acceptors (Lipinski definition) is 8. The van der Waals surface area contributed by atoms with E-state index in [0.29, 0.717) is 27.8 Å². The molecule has 1 N–H and O–H groups in total. The maximum atomic E-state index is 13.0. The number of alkyl halides is 3. The maximum Gasteiger partial charge on any atom is 0.573 e. The van der Waals surface area contributed by atoms with Crippen molar-refractivity contribution in [2.45, 2.75) is 33.1 Å². The van der Waals surface area contributed by atoms with E-state index in [1.54, 1.807) is 25.1 Å². The van der Waals surface area contributed by atoms with E-state index in [2.05, 4.69) is 37.0 Å². The van der Waals surface area contributed by atoms with Crippen molar-refractivity contribution in [3.8, 4) is 23.0 Å². The number of anilines is 3. The van der Waals surface area contributed by atoms with Crippen molar-refractivity contribution in [1.82, 2.24) is 19.7 Å². The summed E-state index contributed by atoms with van der Waals surface area (Å²) in [6.45, 7) is 3.87. The van der Waals surface area contributed by atoms with Crippen LogP contribution in [0.2, 0.25) is 0 Å². The second-order valence-corrected chi connectivity index (χ2v) is 11.2. The highest BCUT2D eigenvalue weighted by Crippen LogP contribution is 2.34. The molecule has 1 aliphatic rings. The van der Waals surface area contributed by atoms with Gasteiger partial charge >= 0.3 is 12.4 Å². The summed E-state index contributed by atoms with van der Waals surface area (Å²) in [6, 6.07) is 13.0. The van der Waals surface area contributed by atoms with Gasteiger partial charge < -0.3 is 15.0 Å².